The van der Waals surface area contributed by atoms with Crippen molar-refractivity contribution in [3.8, 4) is 0 Å². The average Bonchev–Trinajstić information content (AvgIpc) is 2.72. The minimum absolute atomic E-state index is 0.294. The lowest BCUT2D eigenvalue weighted by Crippen LogP contribution is -2.45. The second-order valence-electron chi connectivity index (χ2n) is 4.53. The van der Waals surface area contributed by atoms with Gasteiger partial charge < -0.3 is 10.0 Å². The Morgan fingerprint density at radius 2 is 1.70 bits per heavy atom. The first-order chi connectivity index (χ1) is 9.43. The zero-order valence-corrected chi connectivity index (χ0v) is 12.6. The highest BCUT2D eigenvalue weighted by Crippen LogP contribution is 2.15. The Bertz CT molecular complexity index is 359. The van der Waals surface area contributed by atoms with Crippen LogP contribution in [0, 0.1) is 0 Å². The SMILES string of the molecule is CC.CN(C)CCCCC(C(=O)O)N1C(=O)C=CC1=O. The van der Waals surface area contributed by atoms with E-state index in [4.69, 9.17) is 5.11 Å². The lowest BCUT2D eigenvalue weighted by Gasteiger charge is -2.22. The molecule has 0 spiro atoms. The molecule has 1 N–H and O–H groups in total. The molecule has 2 amide bonds. The second kappa shape index (κ2) is 9.25. The zero-order valence-electron chi connectivity index (χ0n) is 12.6. The number of unbranched alkanes of at least 4 members (excludes halogenated alkanes) is 1. The van der Waals surface area contributed by atoms with E-state index in [0.717, 1.165) is 30.0 Å². The Labute approximate surface area is 120 Å². The average molecular weight is 284 g/mol. The highest BCUT2D eigenvalue weighted by Gasteiger charge is 2.35. The Morgan fingerprint density at radius 1 is 1.20 bits per heavy atom. The molecule has 0 aromatic carbocycles. The van der Waals surface area contributed by atoms with E-state index in [-0.39, 0.29) is 0 Å². The fourth-order valence-corrected chi connectivity index (χ4v) is 1.85. The van der Waals surface area contributed by atoms with Crippen LogP contribution in [-0.2, 0) is 14.4 Å². The van der Waals surface area contributed by atoms with Crippen molar-refractivity contribution in [2.75, 3.05) is 20.6 Å². The Morgan fingerprint density at radius 3 is 2.10 bits per heavy atom. The zero-order chi connectivity index (χ0) is 15.7. The van der Waals surface area contributed by atoms with Crippen molar-refractivity contribution in [2.45, 2.75) is 39.2 Å². The van der Waals surface area contributed by atoms with Crippen molar-refractivity contribution in [3.05, 3.63) is 12.2 Å². The van der Waals surface area contributed by atoms with Crippen molar-refractivity contribution in [3.63, 3.8) is 0 Å². The van der Waals surface area contributed by atoms with Gasteiger partial charge in [-0.25, -0.2) is 4.79 Å². The number of carboxylic acid groups (broad SMARTS) is 1. The van der Waals surface area contributed by atoms with E-state index in [1.165, 1.54) is 0 Å². The molecule has 114 valence electrons. The van der Waals surface area contributed by atoms with E-state index < -0.39 is 23.8 Å². The van der Waals surface area contributed by atoms with E-state index in [1.54, 1.807) is 0 Å². The first-order valence-corrected chi connectivity index (χ1v) is 6.86. The molecule has 1 unspecified atom stereocenters. The molecule has 1 aliphatic heterocycles. The van der Waals surface area contributed by atoms with Crippen molar-refractivity contribution in [2.24, 2.45) is 0 Å². The summed E-state index contributed by atoms with van der Waals surface area (Å²) < 4.78 is 0. The molecule has 0 fully saturated rings. The number of nitrogens with zero attached hydrogens (tertiary/aromatic N) is 2. The summed E-state index contributed by atoms with van der Waals surface area (Å²) in [5.74, 6) is -2.22. The quantitative estimate of drug-likeness (QED) is 0.560. The Hall–Kier alpha value is -1.69. The molecular formula is C14H24N2O4. The highest BCUT2D eigenvalue weighted by molar-refractivity contribution is 6.14. The second-order valence-corrected chi connectivity index (χ2v) is 4.53. The van der Waals surface area contributed by atoms with Crippen LogP contribution >= 0.6 is 0 Å². The molecule has 0 aromatic heterocycles. The van der Waals surface area contributed by atoms with Gasteiger partial charge in [-0.2, -0.15) is 0 Å². The maximum absolute atomic E-state index is 11.4. The van der Waals surface area contributed by atoms with Gasteiger partial charge in [0.2, 0.25) is 0 Å². The maximum atomic E-state index is 11.4. The summed E-state index contributed by atoms with van der Waals surface area (Å²) in [7, 11) is 3.87. The summed E-state index contributed by atoms with van der Waals surface area (Å²) in [6.45, 7) is 4.85. The molecule has 0 saturated heterocycles. The topological polar surface area (TPSA) is 77.9 Å². The fourth-order valence-electron chi connectivity index (χ4n) is 1.85. The van der Waals surface area contributed by atoms with Crippen molar-refractivity contribution >= 4 is 17.8 Å². The summed E-state index contributed by atoms with van der Waals surface area (Å²) in [5, 5.41) is 9.09. The van der Waals surface area contributed by atoms with Crippen LogP contribution in [-0.4, -0.2) is 59.4 Å². The van der Waals surface area contributed by atoms with Crippen LogP contribution in [0.15, 0.2) is 12.2 Å². The molecule has 1 atom stereocenters. The number of amides is 2. The number of imide groups is 1. The van der Waals surface area contributed by atoms with Gasteiger partial charge in [0.1, 0.15) is 6.04 Å². The minimum Gasteiger partial charge on any atom is -0.480 e. The Kier molecular flexibility index (Phi) is 8.47. The number of carbonyl (C=O) groups excluding carboxylic acids is 2. The molecule has 0 aromatic rings. The molecule has 0 aliphatic carbocycles. The van der Waals surface area contributed by atoms with Crippen molar-refractivity contribution < 1.29 is 19.5 Å². The van der Waals surface area contributed by atoms with Crippen molar-refractivity contribution in [1.29, 1.82) is 0 Å². The fraction of sp³-hybridized carbons (Fsp3) is 0.643. The van der Waals surface area contributed by atoms with Crippen LogP contribution in [0.4, 0.5) is 0 Å². The van der Waals surface area contributed by atoms with Crippen molar-refractivity contribution in [1.82, 2.24) is 9.80 Å². The predicted molar refractivity (Wildman–Crippen MR) is 76.2 cm³/mol. The summed E-state index contributed by atoms with van der Waals surface area (Å²) in [5.41, 5.74) is 0. The predicted octanol–water partition coefficient (Wildman–Crippen LogP) is 1.12. The van der Waals surface area contributed by atoms with Crippen LogP contribution in [0.5, 0.6) is 0 Å². The van der Waals surface area contributed by atoms with Gasteiger partial charge in [-0.1, -0.05) is 13.8 Å². The normalized spacial score (nSPS) is 15.3. The van der Waals surface area contributed by atoms with Crippen LogP contribution < -0.4 is 0 Å². The number of carboxylic acids is 1. The first kappa shape index (κ1) is 18.3. The maximum Gasteiger partial charge on any atom is 0.326 e. The number of carbonyl (C=O) groups is 3. The first-order valence-electron chi connectivity index (χ1n) is 6.86. The Balaban J connectivity index is 0.00000172. The molecule has 20 heavy (non-hydrogen) atoms. The van der Waals surface area contributed by atoms with Gasteiger partial charge in [-0.05, 0) is 39.9 Å². The van der Waals surface area contributed by atoms with Crippen LogP contribution in [0.1, 0.15) is 33.1 Å². The number of rotatable bonds is 7. The molecular weight excluding hydrogens is 260 g/mol. The van der Waals surface area contributed by atoms with Crippen LogP contribution in [0.2, 0.25) is 0 Å². The summed E-state index contributed by atoms with van der Waals surface area (Å²) >= 11 is 0. The number of hydrogen-bond donors (Lipinski definition) is 1. The van der Waals surface area contributed by atoms with E-state index in [2.05, 4.69) is 0 Å². The lowest BCUT2D eigenvalue weighted by molar-refractivity contribution is -0.153. The van der Waals surface area contributed by atoms with Gasteiger partial charge in [0.15, 0.2) is 0 Å². The standard InChI is InChI=1S/C12H18N2O4.C2H6/c1-13(2)8-4-3-5-9(12(17)18)14-10(15)6-7-11(14)16;1-2/h6-7,9H,3-5,8H2,1-2H3,(H,17,18);1-2H3. The minimum atomic E-state index is -1.13. The smallest absolute Gasteiger partial charge is 0.326 e. The molecule has 1 heterocycles. The lowest BCUT2D eigenvalue weighted by atomic mass is 10.1. The molecule has 0 bridgehead atoms. The summed E-state index contributed by atoms with van der Waals surface area (Å²) in [6.07, 6.45) is 4.01. The summed E-state index contributed by atoms with van der Waals surface area (Å²) in [6, 6.07) is -1.05. The monoisotopic (exact) mass is 284 g/mol. The number of hydrogen-bond acceptors (Lipinski definition) is 4. The van der Waals surface area contributed by atoms with Crippen LogP contribution in [0.3, 0.4) is 0 Å². The molecule has 0 radical (unpaired) electrons. The molecule has 1 rings (SSSR count). The van der Waals surface area contributed by atoms with E-state index in [9.17, 15) is 14.4 Å². The number of aliphatic carboxylic acids is 1. The molecule has 0 saturated carbocycles. The molecule has 1 aliphatic rings. The molecule has 6 heteroatoms. The summed E-state index contributed by atoms with van der Waals surface area (Å²) in [4.78, 5) is 36.8. The third kappa shape index (κ3) is 5.52. The van der Waals surface area contributed by atoms with Gasteiger partial charge >= 0.3 is 5.97 Å². The third-order valence-corrected chi connectivity index (χ3v) is 2.77. The van der Waals surface area contributed by atoms with Gasteiger partial charge in [0.05, 0.1) is 0 Å². The van der Waals surface area contributed by atoms with Gasteiger partial charge in [0, 0.05) is 12.2 Å². The van der Waals surface area contributed by atoms with E-state index in [1.807, 2.05) is 32.8 Å². The van der Waals surface area contributed by atoms with E-state index >= 15 is 0 Å². The molecule has 6 nitrogen and oxygen atoms in total. The van der Waals surface area contributed by atoms with Crippen LogP contribution in [0.25, 0.3) is 0 Å². The highest BCUT2D eigenvalue weighted by atomic mass is 16.4. The largest absolute Gasteiger partial charge is 0.480 e. The van der Waals surface area contributed by atoms with Gasteiger partial charge in [-0.3, -0.25) is 14.5 Å². The van der Waals surface area contributed by atoms with Gasteiger partial charge in [-0.15, -0.1) is 0 Å². The van der Waals surface area contributed by atoms with E-state index in [0.29, 0.717) is 12.8 Å². The third-order valence-electron chi connectivity index (χ3n) is 2.77. The van der Waals surface area contributed by atoms with Gasteiger partial charge in [0.25, 0.3) is 11.8 Å².